The van der Waals surface area contributed by atoms with Crippen LogP contribution in [0.4, 0.5) is 0 Å². The molecular weight excluding hydrogens is 362 g/mol. The second kappa shape index (κ2) is 6.45. The summed E-state index contributed by atoms with van der Waals surface area (Å²) >= 11 is 0. The summed E-state index contributed by atoms with van der Waals surface area (Å²) in [6, 6.07) is 4.94. The quantitative estimate of drug-likeness (QED) is 0.736. The van der Waals surface area contributed by atoms with Gasteiger partial charge in [0, 0.05) is 6.54 Å². The Balaban J connectivity index is 1.88. The zero-order chi connectivity index (χ0) is 20.1. The van der Waals surface area contributed by atoms with Gasteiger partial charge in [0.1, 0.15) is 17.7 Å². The molecule has 2 N–H and O–H groups in total. The molecule has 28 heavy (non-hydrogen) atoms. The predicted octanol–water partition coefficient (Wildman–Crippen LogP) is 1.73. The molecule has 0 aromatic carbocycles. The largest absolute Gasteiger partial charge is 0.463 e. The summed E-state index contributed by atoms with van der Waals surface area (Å²) in [5.74, 6) is -0.452. The number of hydrogen-bond donors (Lipinski definition) is 1. The zero-order valence-corrected chi connectivity index (χ0v) is 15.9. The third-order valence-corrected chi connectivity index (χ3v) is 5.27. The minimum atomic E-state index is -0.717. The molecule has 1 unspecified atom stereocenters. The van der Waals surface area contributed by atoms with Gasteiger partial charge in [0.25, 0.3) is 11.8 Å². The Morgan fingerprint density at radius 1 is 1.36 bits per heavy atom. The molecule has 1 aliphatic heterocycles. The van der Waals surface area contributed by atoms with Crippen LogP contribution in [0, 0.1) is 0 Å². The Morgan fingerprint density at radius 3 is 2.82 bits per heavy atom. The molecule has 2 amide bonds. The van der Waals surface area contributed by atoms with E-state index in [1.807, 2.05) is 20.8 Å². The van der Waals surface area contributed by atoms with Crippen molar-refractivity contribution in [1.29, 1.82) is 0 Å². The summed E-state index contributed by atoms with van der Waals surface area (Å²) in [5.41, 5.74) is 5.91. The number of ether oxygens (including phenoxy) is 1. The van der Waals surface area contributed by atoms with Gasteiger partial charge < -0.3 is 19.8 Å². The number of furan rings is 1. The van der Waals surface area contributed by atoms with Gasteiger partial charge in [0.15, 0.2) is 17.1 Å². The Morgan fingerprint density at radius 2 is 2.14 bits per heavy atom. The molecule has 3 aromatic rings. The van der Waals surface area contributed by atoms with Crippen molar-refractivity contribution in [3.63, 3.8) is 0 Å². The molecule has 1 atom stereocenters. The number of aromatic nitrogens is 3. The van der Waals surface area contributed by atoms with Gasteiger partial charge in [-0.15, -0.1) is 0 Å². The minimum Gasteiger partial charge on any atom is -0.463 e. The Labute approximate surface area is 161 Å². The zero-order valence-electron chi connectivity index (χ0n) is 15.9. The number of hydrogen-bond acceptors (Lipinski definition) is 6. The summed E-state index contributed by atoms with van der Waals surface area (Å²) in [5, 5.41) is 0. The van der Waals surface area contributed by atoms with Crippen molar-refractivity contribution in [3.8, 4) is 11.5 Å². The van der Waals surface area contributed by atoms with Gasteiger partial charge in [-0.25, -0.2) is 9.97 Å². The van der Waals surface area contributed by atoms with Crippen LogP contribution in [-0.2, 0) is 4.74 Å². The fourth-order valence-corrected chi connectivity index (χ4v) is 3.38. The maximum atomic E-state index is 13.5. The van der Waals surface area contributed by atoms with Gasteiger partial charge in [-0.3, -0.25) is 14.0 Å². The van der Waals surface area contributed by atoms with Crippen molar-refractivity contribution in [2.24, 2.45) is 5.73 Å². The second-order valence-corrected chi connectivity index (χ2v) is 7.28. The van der Waals surface area contributed by atoms with E-state index in [1.165, 1.54) is 17.0 Å². The van der Waals surface area contributed by atoms with Crippen LogP contribution in [0.15, 0.2) is 35.2 Å². The first-order chi connectivity index (χ1) is 13.3. The first kappa shape index (κ1) is 18.2. The van der Waals surface area contributed by atoms with Gasteiger partial charge in [-0.05, 0) is 39.0 Å². The molecule has 4 heterocycles. The van der Waals surface area contributed by atoms with E-state index in [0.29, 0.717) is 30.3 Å². The number of carbonyl (C=O) groups excluding carboxylic acids is 2. The van der Waals surface area contributed by atoms with Gasteiger partial charge >= 0.3 is 0 Å². The summed E-state index contributed by atoms with van der Waals surface area (Å²) in [7, 11) is 0. The average Bonchev–Trinajstić information content (AvgIpc) is 3.32. The van der Waals surface area contributed by atoms with Crippen molar-refractivity contribution >= 4 is 17.5 Å². The van der Waals surface area contributed by atoms with E-state index < -0.39 is 11.5 Å². The van der Waals surface area contributed by atoms with E-state index in [9.17, 15) is 9.59 Å². The molecule has 9 nitrogen and oxygen atoms in total. The molecule has 3 aromatic heterocycles. The highest BCUT2D eigenvalue weighted by Crippen LogP contribution is 2.28. The van der Waals surface area contributed by atoms with Gasteiger partial charge in [-0.1, -0.05) is 0 Å². The average molecular weight is 383 g/mol. The van der Waals surface area contributed by atoms with Crippen molar-refractivity contribution in [2.75, 3.05) is 13.2 Å². The van der Waals surface area contributed by atoms with Crippen LogP contribution in [0.5, 0.6) is 0 Å². The van der Waals surface area contributed by atoms with Gasteiger partial charge in [0.05, 0.1) is 24.5 Å². The third kappa shape index (κ3) is 2.84. The highest BCUT2D eigenvalue weighted by molar-refractivity contribution is 5.99. The summed E-state index contributed by atoms with van der Waals surface area (Å²) in [6.45, 7) is 6.76. The van der Waals surface area contributed by atoms with Crippen LogP contribution in [-0.4, -0.2) is 55.9 Å². The number of nitrogens with zero attached hydrogens (tertiary/aromatic N) is 4. The lowest BCUT2D eigenvalue weighted by molar-refractivity contribution is -0.109. The molecule has 0 bridgehead atoms. The number of morpholine rings is 1. The normalized spacial score (nSPS) is 19.1. The van der Waals surface area contributed by atoms with Crippen molar-refractivity contribution in [2.45, 2.75) is 32.4 Å². The van der Waals surface area contributed by atoms with E-state index >= 15 is 0 Å². The van der Waals surface area contributed by atoms with Crippen molar-refractivity contribution in [3.05, 3.63) is 42.2 Å². The molecule has 0 spiro atoms. The van der Waals surface area contributed by atoms with Crippen LogP contribution in [0.25, 0.3) is 17.1 Å². The Kier molecular flexibility index (Phi) is 4.19. The molecule has 9 heteroatoms. The van der Waals surface area contributed by atoms with E-state index in [-0.39, 0.29) is 23.3 Å². The summed E-state index contributed by atoms with van der Waals surface area (Å²) < 4.78 is 12.7. The number of imidazole rings is 1. The summed E-state index contributed by atoms with van der Waals surface area (Å²) in [4.78, 5) is 35.5. The predicted molar refractivity (Wildman–Crippen MR) is 99.7 cm³/mol. The number of amides is 2. The van der Waals surface area contributed by atoms with E-state index in [4.69, 9.17) is 14.9 Å². The first-order valence-corrected chi connectivity index (χ1v) is 8.96. The molecule has 0 radical (unpaired) electrons. The highest BCUT2D eigenvalue weighted by Gasteiger charge is 2.39. The van der Waals surface area contributed by atoms with Crippen LogP contribution in [0.2, 0.25) is 0 Å². The maximum absolute atomic E-state index is 13.5. The number of carbonyl (C=O) groups is 2. The van der Waals surface area contributed by atoms with E-state index in [2.05, 4.69) is 9.97 Å². The second-order valence-electron chi connectivity index (χ2n) is 7.28. The molecule has 146 valence electrons. The van der Waals surface area contributed by atoms with Crippen LogP contribution in [0.3, 0.4) is 0 Å². The topological polar surface area (TPSA) is 116 Å². The number of nitrogens with two attached hydrogens (primary N) is 1. The molecule has 1 fully saturated rings. The smallest absolute Gasteiger partial charge is 0.271 e. The highest BCUT2D eigenvalue weighted by atomic mass is 16.5. The van der Waals surface area contributed by atoms with E-state index in [1.54, 1.807) is 23.1 Å². The van der Waals surface area contributed by atoms with E-state index in [0.717, 1.165) is 0 Å². The van der Waals surface area contributed by atoms with Gasteiger partial charge in [-0.2, -0.15) is 0 Å². The summed E-state index contributed by atoms with van der Waals surface area (Å²) in [6.07, 6.45) is 2.90. The monoisotopic (exact) mass is 383 g/mol. The third-order valence-electron chi connectivity index (χ3n) is 5.27. The van der Waals surface area contributed by atoms with Crippen LogP contribution >= 0.6 is 0 Å². The number of primary amides is 1. The molecule has 1 saturated heterocycles. The molecule has 0 saturated carbocycles. The molecule has 4 rings (SSSR count). The maximum Gasteiger partial charge on any atom is 0.271 e. The van der Waals surface area contributed by atoms with Crippen LogP contribution < -0.4 is 5.73 Å². The standard InChI is InChI=1S/C19H21N5O4/c1-11-19(2,3)28-8-6-23(11)18(26)13-9-12(14-5-4-7-27-14)22-17-15(16(20)25)21-10-24(13)17/h4-5,7,9-11H,6,8H2,1-3H3,(H2,20,25). The van der Waals surface area contributed by atoms with Crippen molar-refractivity contribution < 1.29 is 18.7 Å². The Bertz CT molecular complexity index is 1050. The van der Waals surface area contributed by atoms with Crippen LogP contribution in [0.1, 0.15) is 41.7 Å². The number of rotatable bonds is 3. The SMILES string of the molecule is CC1N(C(=O)c2cc(-c3ccco3)nc3c(C(N)=O)ncn23)CCOC1(C)C. The molecule has 0 aliphatic carbocycles. The Hall–Kier alpha value is -3.20. The lowest BCUT2D eigenvalue weighted by Gasteiger charge is -2.44. The fraction of sp³-hybridized carbons (Fsp3) is 0.368. The molecule has 1 aliphatic rings. The lowest BCUT2D eigenvalue weighted by atomic mass is 9.96. The fourth-order valence-electron chi connectivity index (χ4n) is 3.38. The minimum absolute atomic E-state index is 0.00203. The molecular formula is C19H21N5O4. The first-order valence-electron chi connectivity index (χ1n) is 8.96. The van der Waals surface area contributed by atoms with Crippen molar-refractivity contribution in [1.82, 2.24) is 19.3 Å². The number of fused-ring (bicyclic) bond motifs is 1. The van der Waals surface area contributed by atoms with Gasteiger partial charge in [0.2, 0.25) is 0 Å². The lowest BCUT2D eigenvalue weighted by Crippen LogP contribution is -2.57.